The first-order valence-electron chi connectivity index (χ1n) is 4.57. The molecule has 0 heterocycles. The first-order valence-corrected chi connectivity index (χ1v) is 4.57. The molecule has 0 aromatic rings. The number of aliphatic hydroxyl groups is 4. The molecular weight excluding hydrogens is 515 g/mol. The molecule has 189 valence electrons. The van der Waals surface area contributed by atoms with Gasteiger partial charge in [0.05, 0.1) is 0 Å². The minimum atomic E-state index is -2.27. The number of carboxylic acid groups (broad SMARTS) is 4. The Morgan fingerprint density at radius 3 is 0.517 bits per heavy atom. The van der Waals surface area contributed by atoms with E-state index in [0.717, 1.165) is 0 Å². The van der Waals surface area contributed by atoms with Crippen LogP contribution in [-0.2, 0) is 53.0 Å². The molecule has 1 radical (unpaired) electrons. The number of aliphatic hydroxyl groups excluding tert-OH is 4. The van der Waals surface area contributed by atoms with Crippen LogP contribution in [0.3, 0.4) is 0 Å². The van der Waals surface area contributed by atoms with Gasteiger partial charge in [-0.1, -0.05) is 0 Å². The second kappa shape index (κ2) is 34.0. The third kappa shape index (κ3) is 31.4. The van der Waals surface area contributed by atoms with E-state index in [1.807, 2.05) is 0 Å². The second-order valence-electron chi connectivity index (χ2n) is 3.13. The fourth-order valence-corrected chi connectivity index (χ4v) is 0.540. The molecule has 4 atom stereocenters. The summed E-state index contributed by atoms with van der Waals surface area (Å²) in [6.45, 7) is 0. The predicted molar refractivity (Wildman–Crippen MR) is 79.9 cm³/mol. The number of aliphatic carboxylic acids is 4. The fourth-order valence-electron chi connectivity index (χ4n) is 0.540. The molecule has 0 saturated heterocycles. The minimum absolute atomic E-state index is 0. The number of carboxylic acids is 4. The molecular formula is C8H26CoFeO19. The predicted octanol–water partition coefficient (Wildman–Crippen LogP) is -10.0. The molecule has 0 aromatic heterocycles. The molecule has 0 aliphatic carbocycles. The number of hydrogen-bond acceptors (Lipinski definition) is 8. The Labute approximate surface area is 181 Å². The van der Waals surface area contributed by atoms with Crippen molar-refractivity contribution in [1.29, 1.82) is 0 Å². The van der Waals surface area contributed by atoms with Gasteiger partial charge in [-0.2, -0.15) is 0 Å². The van der Waals surface area contributed by atoms with Crippen LogP contribution in [0.1, 0.15) is 0 Å². The molecule has 22 N–H and O–H groups in total. The van der Waals surface area contributed by atoms with Crippen molar-refractivity contribution < 1.29 is 132 Å². The maximum atomic E-state index is 9.77. The Bertz CT molecular complexity index is 320. The summed E-state index contributed by atoms with van der Waals surface area (Å²) in [7, 11) is 0. The van der Waals surface area contributed by atoms with Crippen molar-refractivity contribution in [2.75, 3.05) is 0 Å². The van der Waals surface area contributed by atoms with Crippen LogP contribution < -0.4 is 0 Å². The van der Waals surface area contributed by atoms with E-state index in [1.165, 1.54) is 0 Å². The Hall–Kier alpha value is -1.53. The molecule has 0 bridgehead atoms. The van der Waals surface area contributed by atoms with Gasteiger partial charge in [0.25, 0.3) is 0 Å². The molecule has 0 aliphatic rings. The first-order chi connectivity index (χ1) is 8.93. The second-order valence-corrected chi connectivity index (χ2v) is 3.13. The molecule has 0 fully saturated rings. The molecule has 0 spiro atoms. The van der Waals surface area contributed by atoms with Gasteiger partial charge in [-0.05, 0) is 0 Å². The zero-order chi connectivity index (χ0) is 16.6. The van der Waals surface area contributed by atoms with E-state index in [9.17, 15) is 19.2 Å². The quantitative estimate of drug-likeness (QED) is 0.145. The molecule has 0 aromatic carbocycles. The summed E-state index contributed by atoms with van der Waals surface area (Å²) in [4.78, 5) is 39.1. The molecule has 4 unspecified atom stereocenters. The van der Waals surface area contributed by atoms with E-state index in [1.54, 1.807) is 0 Å². The van der Waals surface area contributed by atoms with Crippen LogP contribution in [0.25, 0.3) is 0 Å². The van der Waals surface area contributed by atoms with E-state index in [4.69, 9.17) is 40.9 Å². The Morgan fingerprint density at radius 2 is 0.483 bits per heavy atom. The van der Waals surface area contributed by atoms with Crippen LogP contribution in [0.15, 0.2) is 0 Å². The summed E-state index contributed by atoms with van der Waals surface area (Å²) < 4.78 is 0. The van der Waals surface area contributed by atoms with Crippen LogP contribution in [0.5, 0.6) is 0 Å². The maximum absolute atomic E-state index is 9.77. The summed E-state index contributed by atoms with van der Waals surface area (Å²) in [6.07, 6.45) is -9.06. The van der Waals surface area contributed by atoms with Gasteiger partial charge in [0.15, 0.2) is 24.4 Å². The number of rotatable bonds is 6. The maximum Gasteiger partial charge on any atom is 0.335 e. The van der Waals surface area contributed by atoms with Gasteiger partial charge in [0, 0.05) is 33.8 Å². The van der Waals surface area contributed by atoms with E-state index in [2.05, 4.69) is 0 Å². The summed E-state index contributed by atoms with van der Waals surface area (Å²) in [6, 6.07) is 0. The Kier molecular flexibility index (Phi) is 83.2. The largest absolute Gasteiger partial charge is 0.479 e. The van der Waals surface area contributed by atoms with Crippen molar-refractivity contribution in [3.05, 3.63) is 0 Å². The van der Waals surface area contributed by atoms with Gasteiger partial charge in [-0.3, -0.25) is 0 Å². The normalized spacial score (nSPS) is 10.9. The van der Waals surface area contributed by atoms with Gasteiger partial charge >= 0.3 is 23.9 Å². The number of carbonyl (C=O) groups is 4. The molecule has 0 saturated carbocycles. The average Bonchev–Trinajstić information content (AvgIpc) is 2.35. The summed E-state index contributed by atoms with van der Waals surface area (Å²) in [5, 5.41) is 65.1. The van der Waals surface area contributed by atoms with Gasteiger partial charge in [-0.25, -0.2) is 19.2 Å². The van der Waals surface area contributed by atoms with Crippen molar-refractivity contribution in [2.45, 2.75) is 24.4 Å². The monoisotopic (exact) mass is 541 g/mol. The van der Waals surface area contributed by atoms with Gasteiger partial charge < -0.3 is 79.2 Å². The summed E-state index contributed by atoms with van der Waals surface area (Å²) >= 11 is 0. The molecule has 0 amide bonds. The van der Waals surface area contributed by atoms with Crippen LogP contribution in [0, 0.1) is 0 Å². The van der Waals surface area contributed by atoms with E-state index in [0.29, 0.717) is 0 Å². The van der Waals surface area contributed by atoms with E-state index < -0.39 is 48.3 Å². The molecule has 29 heavy (non-hydrogen) atoms. The number of hydrogen-bond donors (Lipinski definition) is 8. The smallest absolute Gasteiger partial charge is 0.335 e. The van der Waals surface area contributed by atoms with Crippen molar-refractivity contribution in [1.82, 2.24) is 0 Å². The Balaban J connectivity index is -0.0000000189. The van der Waals surface area contributed by atoms with Crippen LogP contribution in [0.2, 0.25) is 0 Å². The molecule has 0 rings (SSSR count). The van der Waals surface area contributed by atoms with Crippen LogP contribution >= 0.6 is 0 Å². The zero-order valence-corrected chi connectivity index (χ0v) is 15.9. The third-order valence-corrected chi connectivity index (χ3v) is 1.61. The van der Waals surface area contributed by atoms with Crippen molar-refractivity contribution in [3.8, 4) is 0 Å². The SMILES string of the molecule is O.O.O.O.O.O.O.O=C(O)C(O)C(O)C(=O)O.O=C(O)C(O)C(O)C(=O)O.[Co].[Fe]. The van der Waals surface area contributed by atoms with Crippen molar-refractivity contribution in [2.24, 2.45) is 0 Å². The van der Waals surface area contributed by atoms with Crippen molar-refractivity contribution >= 4 is 23.9 Å². The summed E-state index contributed by atoms with van der Waals surface area (Å²) in [5.41, 5.74) is 0. The van der Waals surface area contributed by atoms with Gasteiger partial charge in [0.2, 0.25) is 0 Å². The van der Waals surface area contributed by atoms with E-state index in [-0.39, 0.29) is 72.2 Å². The first kappa shape index (κ1) is 71.0. The topological polar surface area (TPSA) is 451 Å². The van der Waals surface area contributed by atoms with Crippen LogP contribution in [-0.4, -0.2) is 127 Å². The molecule has 19 nitrogen and oxygen atoms in total. The van der Waals surface area contributed by atoms with Crippen molar-refractivity contribution in [3.63, 3.8) is 0 Å². The third-order valence-electron chi connectivity index (χ3n) is 1.61. The van der Waals surface area contributed by atoms with Crippen LogP contribution in [0.4, 0.5) is 0 Å². The standard InChI is InChI=1S/2C4H6O6.Co.Fe.7H2O/c2*5-1(3(7)8)2(6)4(9)10;;;;;;;;;/h2*1-2,5-6H,(H,7,8)(H,9,10);;;7*1H2. The Morgan fingerprint density at radius 1 is 0.414 bits per heavy atom. The minimum Gasteiger partial charge on any atom is -0.479 e. The summed E-state index contributed by atoms with van der Waals surface area (Å²) in [5.74, 6) is -7.07. The molecule has 0 aliphatic heterocycles. The molecule has 21 heteroatoms. The zero-order valence-electron chi connectivity index (χ0n) is 13.7. The van der Waals surface area contributed by atoms with Gasteiger partial charge in [-0.15, -0.1) is 0 Å². The fraction of sp³-hybridized carbons (Fsp3) is 0.500. The van der Waals surface area contributed by atoms with E-state index >= 15 is 0 Å². The van der Waals surface area contributed by atoms with Gasteiger partial charge in [0.1, 0.15) is 0 Å². The average molecular weight is 541 g/mol.